The van der Waals surface area contributed by atoms with Crippen molar-refractivity contribution in [1.29, 1.82) is 0 Å². The van der Waals surface area contributed by atoms with Crippen LogP contribution in [0.4, 0.5) is 15.7 Å². The summed E-state index contributed by atoms with van der Waals surface area (Å²) in [6.07, 6.45) is 0. The number of anilines is 1. The molecule has 0 bridgehead atoms. The Morgan fingerprint density at radius 3 is 2.62 bits per heavy atom. The van der Waals surface area contributed by atoms with Crippen LogP contribution in [0, 0.1) is 20.2 Å². The molecule has 1 aromatic heterocycles. The van der Waals surface area contributed by atoms with Crippen molar-refractivity contribution in [3.05, 3.63) is 26.3 Å². The fourth-order valence-corrected chi connectivity index (χ4v) is 1.85. The number of ether oxygens (including phenoxy) is 1. The lowest BCUT2D eigenvalue weighted by atomic mass is 10.5. The van der Waals surface area contributed by atoms with E-state index in [0.717, 1.165) is 17.4 Å². The molecule has 1 aromatic rings. The fourth-order valence-electron chi connectivity index (χ4n) is 0.988. The minimum atomic E-state index is -0.654. The third-order valence-electron chi connectivity index (χ3n) is 1.67. The van der Waals surface area contributed by atoms with Crippen LogP contribution in [0.5, 0.6) is 0 Å². The number of hydrogen-bond donors (Lipinski definition) is 1. The predicted octanol–water partition coefficient (Wildman–Crippen LogP) is 1.62. The van der Waals surface area contributed by atoms with Crippen molar-refractivity contribution in [2.24, 2.45) is 0 Å². The van der Waals surface area contributed by atoms with Gasteiger partial charge in [0, 0.05) is 13.7 Å². The lowest BCUT2D eigenvalue weighted by Crippen LogP contribution is -2.07. The van der Waals surface area contributed by atoms with Gasteiger partial charge in [-0.15, -0.1) is 0 Å². The largest absolute Gasteiger partial charge is 0.383 e. The van der Waals surface area contributed by atoms with E-state index in [1.807, 2.05) is 0 Å². The van der Waals surface area contributed by atoms with Crippen LogP contribution in [0.2, 0.25) is 0 Å². The predicted molar refractivity (Wildman–Crippen MR) is 58.0 cm³/mol. The van der Waals surface area contributed by atoms with Gasteiger partial charge in [0.15, 0.2) is 5.00 Å². The molecule has 1 rings (SSSR count). The quantitative estimate of drug-likeness (QED) is 0.465. The fraction of sp³-hybridized carbons (Fsp3) is 0.429. The number of thiophene rings is 1. The van der Waals surface area contributed by atoms with Gasteiger partial charge in [0.05, 0.1) is 16.5 Å². The molecule has 16 heavy (non-hydrogen) atoms. The van der Waals surface area contributed by atoms with Crippen molar-refractivity contribution >= 4 is 27.0 Å². The van der Waals surface area contributed by atoms with Gasteiger partial charge in [0.1, 0.15) is 6.07 Å². The van der Waals surface area contributed by atoms with Gasteiger partial charge in [-0.2, -0.15) is 0 Å². The van der Waals surface area contributed by atoms with Gasteiger partial charge in [0.25, 0.3) is 0 Å². The van der Waals surface area contributed by atoms with E-state index in [0.29, 0.717) is 13.2 Å². The minimum absolute atomic E-state index is 0.175. The van der Waals surface area contributed by atoms with E-state index in [9.17, 15) is 20.2 Å². The molecule has 0 radical (unpaired) electrons. The standard InChI is InChI=1S/C7H9N3O5S/c1-15-3-2-8-7-5(9(11)12)4-6(16-7)10(13)14/h4,8H,2-3H2,1H3. The highest BCUT2D eigenvalue weighted by atomic mass is 32.1. The maximum Gasteiger partial charge on any atom is 0.333 e. The molecule has 8 nitrogen and oxygen atoms in total. The SMILES string of the molecule is COCCNc1sc([N+](=O)[O-])cc1[N+](=O)[O-]. The van der Waals surface area contributed by atoms with E-state index >= 15 is 0 Å². The van der Waals surface area contributed by atoms with Gasteiger partial charge in [-0.25, -0.2) is 0 Å². The van der Waals surface area contributed by atoms with Crippen molar-refractivity contribution in [3.8, 4) is 0 Å². The normalized spacial score (nSPS) is 10.1. The van der Waals surface area contributed by atoms with Crippen LogP contribution in [0.3, 0.4) is 0 Å². The molecule has 88 valence electrons. The zero-order chi connectivity index (χ0) is 12.1. The smallest absolute Gasteiger partial charge is 0.333 e. The molecule has 0 aliphatic heterocycles. The van der Waals surface area contributed by atoms with E-state index in [2.05, 4.69) is 5.32 Å². The molecule has 0 unspecified atom stereocenters. The van der Waals surface area contributed by atoms with Gasteiger partial charge >= 0.3 is 10.7 Å². The maximum absolute atomic E-state index is 10.6. The average Bonchev–Trinajstić information content (AvgIpc) is 2.62. The van der Waals surface area contributed by atoms with E-state index in [-0.39, 0.29) is 15.7 Å². The molecule has 0 aromatic carbocycles. The lowest BCUT2D eigenvalue weighted by Gasteiger charge is -2.00. The molecule has 0 aliphatic rings. The zero-order valence-corrected chi connectivity index (χ0v) is 9.15. The Hall–Kier alpha value is -1.74. The van der Waals surface area contributed by atoms with Crippen LogP contribution < -0.4 is 5.32 Å². The van der Waals surface area contributed by atoms with E-state index in [1.165, 1.54) is 7.11 Å². The van der Waals surface area contributed by atoms with Gasteiger partial charge in [0.2, 0.25) is 0 Å². The molecule has 0 atom stereocenters. The van der Waals surface area contributed by atoms with Crippen LogP contribution in [0.1, 0.15) is 0 Å². The summed E-state index contributed by atoms with van der Waals surface area (Å²) >= 11 is 0.739. The third kappa shape index (κ3) is 2.87. The van der Waals surface area contributed by atoms with E-state index < -0.39 is 9.85 Å². The number of hydrogen-bond acceptors (Lipinski definition) is 7. The number of nitrogens with zero attached hydrogens (tertiary/aromatic N) is 2. The van der Waals surface area contributed by atoms with Crippen LogP contribution >= 0.6 is 11.3 Å². The Bertz CT molecular complexity index is 405. The second-order valence-electron chi connectivity index (χ2n) is 2.73. The second-order valence-corrected chi connectivity index (χ2v) is 3.76. The summed E-state index contributed by atoms with van der Waals surface area (Å²) in [5, 5.41) is 23.7. The Labute approximate surface area is 94.1 Å². The Morgan fingerprint density at radius 2 is 2.12 bits per heavy atom. The molecule has 0 amide bonds. The molecule has 0 saturated heterocycles. The number of nitrogens with one attached hydrogen (secondary N) is 1. The first-order valence-electron chi connectivity index (χ1n) is 4.21. The monoisotopic (exact) mass is 247 g/mol. The van der Waals surface area contributed by atoms with Crippen molar-refractivity contribution in [1.82, 2.24) is 0 Å². The number of nitro groups is 2. The highest BCUT2D eigenvalue weighted by Crippen LogP contribution is 2.38. The first kappa shape index (κ1) is 12.3. The van der Waals surface area contributed by atoms with Gasteiger partial charge in [-0.05, 0) is 11.3 Å². The van der Waals surface area contributed by atoms with Crippen LogP contribution in [0.15, 0.2) is 6.07 Å². The maximum atomic E-state index is 10.6. The topological polar surface area (TPSA) is 108 Å². The summed E-state index contributed by atoms with van der Waals surface area (Å²) in [6, 6.07) is 0.944. The van der Waals surface area contributed by atoms with Crippen molar-refractivity contribution in [2.45, 2.75) is 0 Å². The van der Waals surface area contributed by atoms with Crippen molar-refractivity contribution < 1.29 is 14.6 Å². The molecule has 0 fully saturated rings. The van der Waals surface area contributed by atoms with E-state index in [4.69, 9.17) is 4.74 Å². The third-order valence-corrected chi connectivity index (χ3v) is 2.70. The minimum Gasteiger partial charge on any atom is -0.383 e. The summed E-state index contributed by atoms with van der Waals surface area (Å²) in [6.45, 7) is 0.720. The van der Waals surface area contributed by atoms with Crippen LogP contribution in [0.25, 0.3) is 0 Å². The summed E-state index contributed by atoms with van der Waals surface area (Å²) < 4.78 is 4.76. The molecule has 9 heteroatoms. The Morgan fingerprint density at radius 1 is 1.44 bits per heavy atom. The molecule has 1 heterocycles. The summed E-state index contributed by atoms with van der Waals surface area (Å²) in [7, 11) is 1.49. The lowest BCUT2D eigenvalue weighted by molar-refractivity contribution is -0.389. The van der Waals surface area contributed by atoms with Gasteiger partial charge < -0.3 is 10.1 Å². The molecule has 1 N–H and O–H groups in total. The highest BCUT2D eigenvalue weighted by molar-refractivity contribution is 7.19. The Balaban J connectivity index is 2.87. The molecular formula is C7H9N3O5S. The summed E-state index contributed by atoms with van der Waals surface area (Å²) in [5.41, 5.74) is -0.284. The molecular weight excluding hydrogens is 238 g/mol. The molecule has 0 spiro atoms. The second kappa shape index (κ2) is 5.37. The first-order chi connectivity index (χ1) is 7.56. The van der Waals surface area contributed by atoms with Crippen LogP contribution in [-0.2, 0) is 4.74 Å². The average molecular weight is 247 g/mol. The highest BCUT2D eigenvalue weighted by Gasteiger charge is 2.24. The Kier molecular flexibility index (Phi) is 4.14. The van der Waals surface area contributed by atoms with Crippen LogP contribution in [-0.4, -0.2) is 30.1 Å². The summed E-state index contributed by atoms with van der Waals surface area (Å²) in [5.74, 6) is 0. The molecule has 0 saturated carbocycles. The van der Waals surface area contributed by atoms with E-state index in [1.54, 1.807) is 0 Å². The van der Waals surface area contributed by atoms with Gasteiger partial charge in [-0.1, -0.05) is 0 Å². The number of methoxy groups -OCH3 is 1. The number of rotatable bonds is 6. The molecule has 0 aliphatic carbocycles. The van der Waals surface area contributed by atoms with Crippen molar-refractivity contribution in [3.63, 3.8) is 0 Å². The zero-order valence-electron chi connectivity index (χ0n) is 8.34. The first-order valence-corrected chi connectivity index (χ1v) is 5.03. The summed E-state index contributed by atoms with van der Waals surface area (Å²) in [4.78, 5) is 19.8. The van der Waals surface area contributed by atoms with Gasteiger partial charge in [-0.3, -0.25) is 20.2 Å². The van der Waals surface area contributed by atoms with Crippen molar-refractivity contribution in [2.75, 3.05) is 25.6 Å².